The summed E-state index contributed by atoms with van der Waals surface area (Å²) in [4.78, 5) is 23.0. The molecule has 2 aromatic rings. The molecule has 20 heavy (non-hydrogen) atoms. The summed E-state index contributed by atoms with van der Waals surface area (Å²) < 4.78 is 0. The van der Waals surface area contributed by atoms with Gasteiger partial charge in [-0.15, -0.1) is 11.6 Å². The molecule has 2 nitrogen and oxygen atoms in total. The van der Waals surface area contributed by atoms with Gasteiger partial charge in [0.15, 0.2) is 0 Å². The van der Waals surface area contributed by atoms with Gasteiger partial charge in [-0.05, 0) is 13.8 Å². The number of ketones is 2. The van der Waals surface area contributed by atoms with Crippen LogP contribution in [0.1, 0.15) is 52.1 Å². The van der Waals surface area contributed by atoms with E-state index in [1.54, 1.807) is 0 Å². The van der Waals surface area contributed by atoms with Gasteiger partial charge in [0.05, 0.1) is 5.78 Å². The fourth-order valence-corrected chi connectivity index (χ4v) is 2.37. The quantitative estimate of drug-likeness (QED) is 0.463. The molecule has 0 fully saturated rings. The van der Waals surface area contributed by atoms with E-state index in [4.69, 9.17) is 0 Å². The summed E-state index contributed by atoms with van der Waals surface area (Å²) in [5, 5.41) is 0. The van der Waals surface area contributed by atoms with Gasteiger partial charge in [-0.3, -0.25) is 0 Å². The Balaban J connectivity index is 0.00000200. The Labute approximate surface area is 130 Å². The van der Waals surface area contributed by atoms with Crippen LogP contribution < -0.4 is 0 Å². The molecule has 0 radical (unpaired) electrons. The molecule has 0 spiro atoms. The maximum atomic E-state index is 11.5. The monoisotopic (exact) mass is 310 g/mol. The fraction of sp³-hybridized carbons (Fsp3) is 0.294. The Morgan fingerprint density at radius 2 is 1.85 bits per heavy atom. The van der Waals surface area contributed by atoms with Crippen LogP contribution in [0.4, 0.5) is 0 Å². The molecule has 0 bridgehead atoms. The van der Waals surface area contributed by atoms with Gasteiger partial charge in [-0.2, -0.15) is 11.6 Å². The van der Waals surface area contributed by atoms with E-state index in [0.717, 1.165) is 24.8 Å². The normalized spacial score (nSPS) is 10.1. The first-order valence-electron chi connectivity index (χ1n) is 6.60. The number of carbonyl (C=O) groups is 2. The van der Waals surface area contributed by atoms with Crippen LogP contribution in [-0.4, -0.2) is 11.6 Å². The summed E-state index contributed by atoms with van der Waals surface area (Å²) >= 11 is 0. The van der Waals surface area contributed by atoms with Crippen LogP contribution in [0.5, 0.6) is 0 Å². The molecule has 0 saturated carbocycles. The second-order valence-electron chi connectivity index (χ2n) is 4.95. The molecule has 112 valence electrons. The van der Waals surface area contributed by atoms with Crippen molar-refractivity contribution in [3.8, 4) is 0 Å². The van der Waals surface area contributed by atoms with Crippen LogP contribution >= 0.6 is 0 Å². The molecule has 0 N–H and O–H groups in total. The van der Waals surface area contributed by atoms with E-state index < -0.39 is 0 Å². The number of carbonyl (C=O) groups excluding carboxylic acids is 2. The van der Waals surface area contributed by atoms with Crippen molar-refractivity contribution in [1.29, 1.82) is 0 Å². The third-order valence-corrected chi connectivity index (χ3v) is 3.37. The Morgan fingerprint density at radius 3 is 2.35 bits per heavy atom. The SMILES string of the molecule is CC(=O)c1cc(CCC[c-]2[cH-][cH-][cH-][cH-]2)c[c-]1C(C)=O.[Fe]. The predicted octanol–water partition coefficient (Wildman–Crippen LogP) is 3.70. The molecule has 3 heteroatoms. The van der Waals surface area contributed by atoms with E-state index in [1.807, 2.05) is 24.3 Å². The summed E-state index contributed by atoms with van der Waals surface area (Å²) in [6, 6.07) is 12.0. The van der Waals surface area contributed by atoms with E-state index >= 15 is 0 Å². The van der Waals surface area contributed by atoms with Crippen LogP contribution in [0.25, 0.3) is 0 Å². The molecular weight excluding hydrogens is 292 g/mol. The number of aryl methyl sites for hydroxylation is 2. The largest absolute Gasteiger partial charge is 0.748 e. The second-order valence-corrected chi connectivity index (χ2v) is 4.95. The molecule has 0 aliphatic heterocycles. The van der Waals surface area contributed by atoms with Crippen LogP contribution in [-0.2, 0) is 29.9 Å². The van der Waals surface area contributed by atoms with Crippen molar-refractivity contribution in [2.24, 2.45) is 0 Å². The maximum absolute atomic E-state index is 11.5. The molecule has 0 atom stereocenters. The Bertz CT molecular complexity index is 545. The van der Waals surface area contributed by atoms with Gasteiger partial charge in [0.1, 0.15) is 5.78 Å². The van der Waals surface area contributed by atoms with E-state index in [-0.39, 0.29) is 28.6 Å². The minimum absolute atomic E-state index is 0. The first kappa shape index (κ1) is 16.6. The van der Waals surface area contributed by atoms with Crippen molar-refractivity contribution in [2.75, 3.05) is 0 Å². The van der Waals surface area contributed by atoms with Crippen molar-refractivity contribution in [3.63, 3.8) is 0 Å². The zero-order valence-electron chi connectivity index (χ0n) is 11.8. The number of hydrogen-bond donors (Lipinski definition) is 0. The molecule has 0 amide bonds. The summed E-state index contributed by atoms with van der Waals surface area (Å²) in [5.41, 5.74) is 3.55. The van der Waals surface area contributed by atoms with Crippen molar-refractivity contribution in [3.05, 3.63) is 58.7 Å². The maximum Gasteiger partial charge on any atom is 0.119 e. The number of Topliss-reactive ketones (excluding diaryl/α,β-unsaturated/α-hetero) is 2. The first-order chi connectivity index (χ1) is 9.08. The van der Waals surface area contributed by atoms with Crippen molar-refractivity contribution in [1.82, 2.24) is 0 Å². The van der Waals surface area contributed by atoms with E-state index in [1.165, 1.54) is 19.4 Å². The van der Waals surface area contributed by atoms with Crippen molar-refractivity contribution >= 4 is 11.6 Å². The van der Waals surface area contributed by atoms with Crippen molar-refractivity contribution in [2.45, 2.75) is 33.1 Å². The topological polar surface area (TPSA) is 34.1 Å². The van der Waals surface area contributed by atoms with Crippen LogP contribution in [0.15, 0.2) is 36.4 Å². The minimum Gasteiger partial charge on any atom is -0.748 e. The van der Waals surface area contributed by atoms with Gasteiger partial charge in [0, 0.05) is 17.1 Å². The first-order valence-corrected chi connectivity index (χ1v) is 6.60. The molecule has 0 saturated heterocycles. The smallest absolute Gasteiger partial charge is 0.119 e. The standard InChI is InChI=1S/C17H18O2.Fe/c1-12(18)16-10-15(11-17(16)13(2)19)9-5-8-14-6-3-4-7-14;/h3-4,6-7,10-11H,5,8-9H2,1-2H3;/q-6;. The molecule has 0 heterocycles. The second kappa shape index (κ2) is 7.37. The zero-order valence-corrected chi connectivity index (χ0v) is 12.9. The van der Waals surface area contributed by atoms with Crippen LogP contribution in [0.2, 0.25) is 0 Å². The van der Waals surface area contributed by atoms with Gasteiger partial charge < -0.3 is 39.4 Å². The Hall–Kier alpha value is -1.44. The van der Waals surface area contributed by atoms with E-state index in [0.29, 0.717) is 11.1 Å². The number of hydrogen-bond acceptors (Lipinski definition) is 2. The minimum atomic E-state index is -0.0347. The molecule has 0 aromatic heterocycles. The summed E-state index contributed by atoms with van der Waals surface area (Å²) in [6.45, 7) is 3.02. The van der Waals surface area contributed by atoms with Gasteiger partial charge >= 0.3 is 0 Å². The van der Waals surface area contributed by atoms with Crippen LogP contribution in [0.3, 0.4) is 0 Å². The van der Waals surface area contributed by atoms with Gasteiger partial charge in [-0.1, -0.05) is 18.4 Å². The third-order valence-electron chi connectivity index (χ3n) is 3.37. The zero-order chi connectivity index (χ0) is 13.8. The summed E-state index contributed by atoms with van der Waals surface area (Å²) in [5.74, 6) is -0.0695. The average molecular weight is 310 g/mol. The molecular formula is C17H18FeO2-6. The molecule has 2 aromatic carbocycles. The van der Waals surface area contributed by atoms with Crippen molar-refractivity contribution < 1.29 is 26.7 Å². The molecule has 0 aliphatic rings. The Morgan fingerprint density at radius 1 is 1.20 bits per heavy atom. The fourth-order valence-electron chi connectivity index (χ4n) is 2.37. The third kappa shape index (κ3) is 4.03. The van der Waals surface area contributed by atoms with Gasteiger partial charge in [0.25, 0.3) is 0 Å². The average Bonchev–Trinajstić information content (AvgIpc) is 2.97. The molecule has 2 rings (SSSR count). The Kier molecular flexibility index (Phi) is 6.12. The van der Waals surface area contributed by atoms with E-state index in [9.17, 15) is 9.59 Å². The summed E-state index contributed by atoms with van der Waals surface area (Å²) in [6.07, 6.45) is 2.96. The molecule has 0 aliphatic carbocycles. The van der Waals surface area contributed by atoms with Gasteiger partial charge in [0.2, 0.25) is 0 Å². The van der Waals surface area contributed by atoms with Crippen LogP contribution in [0, 0.1) is 0 Å². The van der Waals surface area contributed by atoms with Gasteiger partial charge in [-0.25, -0.2) is 6.42 Å². The van der Waals surface area contributed by atoms with E-state index in [2.05, 4.69) is 12.1 Å². The number of rotatable bonds is 6. The summed E-state index contributed by atoms with van der Waals surface area (Å²) in [7, 11) is 0. The predicted molar refractivity (Wildman–Crippen MR) is 76.1 cm³/mol. The molecule has 0 unspecified atom stereocenters.